The largest absolute Gasteiger partial charge is 0.506 e. The van der Waals surface area contributed by atoms with Crippen LogP contribution in [0.5, 0.6) is 5.75 Å². The first-order valence-electron chi connectivity index (χ1n) is 5.15. The highest BCUT2D eigenvalue weighted by molar-refractivity contribution is 5.93. The Bertz CT molecular complexity index is 361. The van der Waals surface area contributed by atoms with E-state index in [-0.39, 0.29) is 17.6 Å². The van der Waals surface area contributed by atoms with Gasteiger partial charge in [-0.05, 0) is 31.0 Å². The highest BCUT2D eigenvalue weighted by Gasteiger charge is 2.12. The molecule has 0 bridgehead atoms. The number of phenols is 1. The minimum Gasteiger partial charge on any atom is -0.506 e. The Kier molecular flexibility index (Phi) is 3.72. The zero-order valence-electron chi connectivity index (χ0n) is 9.37. The number of carbonyl (C=O) groups excluding carboxylic acids is 1. The van der Waals surface area contributed by atoms with Crippen LogP contribution < -0.4 is 5.32 Å². The lowest BCUT2D eigenvalue weighted by Gasteiger charge is -2.11. The van der Waals surface area contributed by atoms with Crippen LogP contribution in [0.1, 0.15) is 25.8 Å². The van der Waals surface area contributed by atoms with Gasteiger partial charge in [0.2, 0.25) is 5.91 Å². The van der Waals surface area contributed by atoms with Gasteiger partial charge in [0.25, 0.3) is 0 Å². The fourth-order valence-electron chi connectivity index (χ4n) is 1.19. The number of anilines is 1. The number of hydrogen-bond donors (Lipinski definition) is 2. The zero-order chi connectivity index (χ0) is 11.4. The van der Waals surface area contributed by atoms with Crippen molar-refractivity contribution in [1.29, 1.82) is 0 Å². The first kappa shape index (κ1) is 11.6. The summed E-state index contributed by atoms with van der Waals surface area (Å²) < 4.78 is 0. The van der Waals surface area contributed by atoms with Gasteiger partial charge in [-0.1, -0.05) is 19.9 Å². The van der Waals surface area contributed by atoms with E-state index in [1.54, 1.807) is 18.2 Å². The number of aryl methyl sites for hydroxylation is 1. The molecule has 1 atom stereocenters. The molecule has 1 rings (SSSR count). The highest BCUT2D eigenvalue weighted by atomic mass is 16.3. The molecule has 1 aromatic carbocycles. The van der Waals surface area contributed by atoms with Crippen LogP contribution in [-0.2, 0) is 4.79 Å². The Balaban J connectivity index is 2.80. The maximum absolute atomic E-state index is 11.6. The van der Waals surface area contributed by atoms with Crippen molar-refractivity contribution in [3.63, 3.8) is 0 Å². The fourth-order valence-corrected chi connectivity index (χ4v) is 1.19. The summed E-state index contributed by atoms with van der Waals surface area (Å²) in [6.07, 6.45) is 0.790. The van der Waals surface area contributed by atoms with Crippen LogP contribution in [-0.4, -0.2) is 11.0 Å². The van der Waals surface area contributed by atoms with Crippen molar-refractivity contribution < 1.29 is 9.90 Å². The second-order valence-electron chi connectivity index (χ2n) is 3.82. The molecule has 0 radical (unpaired) electrons. The van der Waals surface area contributed by atoms with Gasteiger partial charge in [0.1, 0.15) is 5.75 Å². The van der Waals surface area contributed by atoms with Gasteiger partial charge in [-0.15, -0.1) is 0 Å². The number of benzene rings is 1. The van der Waals surface area contributed by atoms with Crippen molar-refractivity contribution in [3.05, 3.63) is 23.8 Å². The van der Waals surface area contributed by atoms with E-state index < -0.39 is 0 Å². The molecule has 2 N–H and O–H groups in total. The highest BCUT2D eigenvalue weighted by Crippen LogP contribution is 2.24. The van der Waals surface area contributed by atoms with E-state index in [1.165, 1.54) is 0 Å². The topological polar surface area (TPSA) is 49.3 Å². The molecule has 1 amide bonds. The predicted molar refractivity (Wildman–Crippen MR) is 60.9 cm³/mol. The molecule has 0 unspecified atom stereocenters. The Morgan fingerprint density at radius 2 is 2.20 bits per heavy atom. The van der Waals surface area contributed by atoms with E-state index in [1.807, 2.05) is 20.8 Å². The third kappa shape index (κ3) is 2.98. The molecule has 0 aliphatic rings. The quantitative estimate of drug-likeness (QED) is 0.749. The van der Waals surface area contributed by atoms with E-state index in [0.717, 1.165) is 12.0 Å². The van der Waals surface area contributed by atoms with Crippen LogP contribution in [0.2, 0.25) is 0 Å². The van der Waals surface area contributed by atoms with E-state index in [2.05, 4.69) is 5.32 Å². The normalized spacial score (nSPS) is 12.2. The van der Waals surface area contributed by atoms with Gasteiger partial charge in [-0.2, -0.15) is 0 Å². The predicted octanol–water partition coefficient (Wildman–Crippen LogP) is 2.69. The second-order valence-corrected chi connectivity index (χ2v) is 3.82. The summed E-state index contributed by atoms with van der Waals surface area (Å²) in [4.78, 5) is 11.6. The SMILES string of the molecule is CC[C@@H](C)C(=O)Nc1cc(C)ccc1O. The van der Waals surface area contributed by atoms with Crippen molar-refractivity contribution in [1.82, 2.24) is 0 Å². The van der Waals surface area contributed by atoms with Gasteiger partial charge < -0.3 is 10.4 Å². The van der Waals surface area contributed by atoms with Crippen molar-refractivity contribution in [2.45, 2.75) is 27.2 Å². The van der Waals surface area contributed by atoms with Gasteiger partial charge in [0, 0.05) is 5.92 Å². The van der Waals surface area contributed by atoms with E-state index in [9.17, 15) is 9.90 Å². The zero-order valence-corrected chi connectivity index (χ0v) is 9.37. The number of amides is 1. The molecule has 3 nitrogen and oxygen atoms in total. The molecule has 1 aromatic rings. The van der Waals surface area contributed by atoms with E-state index in [0.29, 0.717) is 5.69 Å². The van der Waals surface area contributed by atoms with Crippen molar-refractivity contribution >= 4 is 11.6 Å². The van der Waals surface area contributed by atoms with Gasteiger partial charge >= 0.3 is 0 Å². The Labute approximate surface area is 90.1 Å². The van der Waals surface area contributed by atoms with Gasteiger partial charge in [0.15, 0.2) is 0 Å². The molecule has 82 valence electrons. The second kappa shape index (κ2) is 4.82. The van der Waals surface area contributed by atoms with Crippen molar-refractivity contribution in [3.8, 4) is 5.75 Å². The summed E-state index contributed by atoms with van der Waals surface area (Å²) in [6, 6.07) is 5.14. The van der Waals surface area contributed by atoms with Crippen molar-refractivity contribution in [2.24, 2.45) is 5.92 Å². The van der Waals surface area contributed by atoms with Gasteiger partial charge in [-0.25, -0.2) is 0 Å². The number of phenolic OH excluding ortho intramolecular Hbond substituents is 1. The van der Waals surface area contributed by atoms with Gasteiger partial charge in [0.05, 0.1) is 5.69 Å². The van der Waals surface area contributed by atoms with Crippen LogP contribution in [0, 0.1) is 12.8 Å². The monoisotopic (exact) mass is 207 g/mol. The third-order valence-corrected chi connectivity index (χ3v) is 2.47. The fraction of sp³-hybridized carbons (Fsp3) is 0.417. The average molecular weight is 207 g/mol. The Hall–Kier alpha value is -1.51. The summed E-state index contributed by atoms with van der Waals surface area (Å²) in [6.45, 7) is 5.74. The number of hydrogen-bond acceptors (Lipinski definition) is 2. The Morgan fingerprint density at radius 1 is 1.53 bits per heavy atom. The van der Waals surface area contributed by atoms with Crippen molar-refractivity contribution in [2.75, 3.05) is 5.32 Å². The molecule has 0 spiro atoms. The molecule has 3 heteroatoms. The number of carbonyl (C=O) groups is 1. The Morgan fingerprint density at radius 3 is 2.80 bits per heavy atom. The lowest BCUT2D eigenvalue weighted by Crippen LogP contribution is -2.19. The molecule has 0 aliphatic heterocycles. The van der Waals surface area contributed by atoms with Crippen LogP contribution in [0.25, 0.3) is 0 Å². The van der Waals surface area contributed by atoms with Gasteiger partial charge in [-0.3, -0.25) is 4.79 Å². The molecular formula is C12H17NO2. The lowest BCUT2D eigenvalue weighted by atomic mass is 10.1. The molecule has 15 heavy (non-hydrogen) atoms. The van der Waals surface area contributed by atoms with Crippen LogP contribution in [0.3, 0.4) is 0 Å². The lowest BCUT2D eigenvalue weighted by molar-refractivity contribution is -0.119. The maximum Gasteiger partial charge on any atom is 0.227 e. The third-order valence-electron chi connectivity index (χ3n) is 2.47. The van der Waals surface area contributed by atoms with Crippen LogP contribution in [0.4, 0.5) is 5.69 Å². The molecular weight excluding hydrogens is 190 g/mol. The summed E-state index contributed by atoms with van der Waals surface area (Å²) in [5.74, 6) is 0.0144. The molecule has 0 saturated carbocycles. The van der Waals surface area contributed by atoms with E-state index in [4.69, 9.17) is 0 Å². The molecule has 0 aromatic heterocycles. The first-order chi connectivity index (χ1) is 7.04. The molecule has 0 saturated heterocycles. The van der Waals surface area contributed by atoms with Crippen LogP contribution >= 0.6 is 0 Å². The van der Waals surface area contributed by atoms with Crippen LogP contribution in [0.15, 0.2) is 18.2 Å². The minimum atomic E-state index is -0.0570. The summed E-state index contributed by atoms with van der Waals surface area (Å²) >= 11 is 0. The standard InChI is InChI=1S/C12H17NO2/c1-4-9(3)12(15)13-10-7-8(2)5-6-11(10)14/h5-7,9,14H,4H2,1-3H3,(H,13,15)/t9-/m1/s1. The molecule has 0 heterocycles. The summed E-state index contributed by atoms with van der Waals surface area (Å²) in [5, 5.41) is 12.2. The minimum absolute atomic E-state index is 0.0371. The number of aromatic hydroxyl groups is 1. The summed E-state index contributed by atoms with van der Waals surface area (Å²) in [5.41, 5.74) is 1.49. The molecule has 0 fully saturated rings. The molecule has 0 aliphatic carbocycles. The number of rotatable bonds is 3. The first-order valence-corrected chi connectivity index (χ1v) is 5.15. The smallest absolute Gasteiger partial charge is 0.227 e. The summed E-state index contributed by atoms with van der Waals surface area (Å²) in [7, 11) is 0. The maximum atomic E-state index is 11.6. The number of nitrogens with one attached hydrogen (secondary N) is 1. The van der Waals surface area contributed by atoms with E-state index >= 15 is 0 Å². The average Bonchev–Trinajstić information content (AvgIpc) is 2.22.